The van der Waals surface area contributed by atoms with E-state index >= 15 is 0 Å². The van der Waals surface area contributed by atoms with Gasteiger partial charge in [0, 0.05) is 16.9 Å². The van der Waals surface area contributed by atoms with E-state index in [4.69, 9.17) is 32.4 Å². The highest BCUT2D eigenvalue weighted by Crippen LogP contribution is 2.32. The molecule has 0 spiro atoms. The van der Waals surface area contributed by atoms with Crippen molar-refractivity contribution >= 4 is 46.0 Å². The van der Waals surface area contributed by atoms with Crippen molar-refractivity contribution in [2.24, 2.45) is 0 Å². The summed E-state index contributed by atoms with van der Waals surface area (Å²) in [5.74, 6) is 0.598. The van der Waals surface area contributed by atoms with Gasteiger partial charge in [-0.3, -0.25) is 4.79 Å². The van der Waals surface area contributed by atoms with E-state index in [0.29, 0.717) is 44.2 Å². The Kier molecular flexibility index (Phi) is 5.61. The van der Waals surface area contributed by atoms with Gasteiger partial charge in [-0.05, 0) is 67.4 Å². The summed E-state index contributed by atoms with van der Waals surface area (Å²) in [6.07, 6.45) is 1.64. The number of carbonyl (C=O) groups is 1. The van der Waals surface area contributed by atoms with E-state index in [1.54, 1.807) is 48.7 Å². The molecule has 1 N–H and O–H groups in total. The lowest BCUT2D eigenvalue weighted by Crippen LogP contribution is -2.20. The average molecular weight is 442 g/mol. The molecule has 152 valence electrons. The largest absolute Gasteiger partial charge is 0.484 e. The maximum Gasteiger partial charge on any atom is 0.262 e. The molecule has 0 aliphatic rings. The van der Waals surface area contributed by atoms with E-state index in [-0.39, 0.29) is 12.5 Å². The first-order valence-corrected chi connectivity index (χ1v) is 9.87. The quantitative estimate of drug-likeness (QED) is 0.421. The van der Waals surface area contributed by atoms with E-state index in [9.17, 15) is 4.79 Å². The number of amides is 1. The summed E-state index contributed by atoms with van der Waals surface area (Å²) in [5, 5.41) is 3.93. The molecule has 0 unspecified atom stereocenters. The van der Waals surface area contributed by atoms with Crippen molar-refractivity contribution in [1.82, 2.24) is 9.97 Å². The topological polar surface area (TPSA) is 77.2 Å². The Morgan fingerprint density at radius 2 is 1.90 bits per heavy atom. The van der Waals surface area contributed by atoms with E-state index in [1.165, 1.54) is 0 Å². The van der Waals surface area contributed by atoms with Crippen LogP contribution in [0, 0.1) is 13.8 Å². The molecule has 1 amide bonds. The number of nitrogens with one attached hydrogen (secondary N) is 1. The van der Waals surface area contributed by atoms with E-state index in [2.05, 4.69) is 15.3 Å². The third kappa shape index (κ3) is 4.25. The van der Waals surface area contributed by atoms with E-state index < -0.39 is 0 Å². The zero-order valence-electron chi connectivity index (χ0n) is 16.2. The predicted molar refractivity (Wildman–Crippen MR) is 117 cm³/mol. The van der Waals surface area contributed by atoms with E-state index in [1.807, 2.05) is 13.8 Å². The number of rotatable bonds is 5. The minimum absolute atomic E-state index is 0.148. The molecule has 6 nitrogen and oxygen atoms in total. The molecule has 2 heterocycles. The van der Waals surface area contributed by atoms with Gasteiger partial charge in [-0.2, -0.15) is 4.98 Å². The van der Waals surface area contributed by atoms with Crippen molar-refractivity contribution in [1.29, 1.82) is 0 Å². The van der Waals surface area contributed by atoms with Crippen LogP contribution >= 0.6 is 23.2 Å². The number of nitrogens with zero attached hydrogens (tertiary/aromatic N) is 2. The monoisotopic (exact) mass is 441 g/mol. The Morgan fingerprint density at radius 1 is 1.13 bits per heavy atom. The predicted octanol–water partition coefficient (Wildman–Crippen LogP) is 5.83. The van der Waals surface area contributed by atoms with Gasteiger partial charge in [-0.15, -0.1) is 0 Å². The molecule has 0 bridgehead atoms. The van der Waals surface area contributed by atoms with Gasteiger partial charge in [0.2, 0.25) is 5.89 Å². The van der Waals surface area contributed by atoms with Gasteiger partial charge in [0.15, 0.2) is 17.8 Å². The maximum absolute atomic E-state index is 12.4. The van der Waals surface area contributed by atoms with Crippen molar-refractivity contribution in [2.45, 2.75) is 13.8 Å². The Morgan fingerprint density at radius 3 is 2.63 bits per heavy atom. The van der Waals surface area contributed by atoms with Crippen molar-refractivity contribution in [3.05, 3.63) is 69.8 Å². The number of fused-ring (bicyclic) bond motifs is 1. The first-order valence-electron chi connectivity index (χ1n) is 9.11. The second-order valence-corrected chi connectivity index (χ2v) is 7.53. The number of carbonyl (C=O) groups excluding carboxylic acids is 1. The normalized spacial score (nSPS) is 10.9. The van der Waals surface area contributed by atoms with Crippen LogP contribution in [0.25, 0.3) is 22.7 Å². The van der Waals surface area contributed by atoms with Crippen molar-refractivity contribution in [3.8, 4) is 17.2 Å². The lowest BCUT2D eigenvalue weighted by atomic mass is 10.1. The lowest BCUT2D eigenvalue weighted by Gasteiger charge is -2.11. The summed E-state index contributed by atoms with van der Waals surface area (Å²) in [7, 11) is 0. The first kappa shape index (κ1) is 20.2. The number of oxazole rings is 1. The highest BCUT2D eigenvalue weighted by molar-refractivity contribution is 6.33. The number of aromatic nitrogens is 2. The zero-order valence-corrected chi connectivity index (χ0v) is 17.7. The fraction of sp³-hybridized carbons (Fsp3) is 0.136. The molecular weight excluding hydrogens is 425 g/mol. The summed E-state index contributed by atoms with van der Waals surface area (Å²) in [6.45, 7) is 3.63. The Hall–Kier alpha value is -3.09. The molecule has 2 aromatic carbocycles. The molecule has 4 rings (SSSR count). The smallest absolute Gasteiger partial charge is 0.262 e. The van der Waals surface area contributed by atoms with Crippen LogP contribution in [0.3, 0.4) is 0 Å². The van der Waals surface area contributed by atoms with Crippen LogP contribution in [-0.2, 0) is 4.79 Å². The van der Waals surface area contributed by atoms with Gasteiger partial charge in [-0.1, -0.05) is 23.2 Å². The minimum Gasteiger partial charge on any atom is -0.484 e. The third-order valence-electron chi connectivity index (χ3n) is 4.43. The summed E-state index contributed by atoms with van der Waals surface area (Å²) < 4.78 is 11.3. The highest BCUT2D eigenvalue weighted by atomic mass is 35.5. The molecule has 30 heavy (non-hydrogen) atoms. The van der Waals surface area contributed by atoms with Crippen LogP contribution < -0.4 is 10.1 Å². The second kappa shape index (κ2) is 8.34. The molecule has 8 heteroatoms. The SMILES string of the molecule is Cc1cc(OCC(=O)Nc2ccc(Cl)c(-c3nc4ncccc4o3)c2)cc(C)c1Cl. The Balaban J connectivity index is 1.48. The molecule has 0 aliphatic heterocycles. The minimum atomic E-state index is -0.312. The molecule has 2 aromatic heterocycles. The number of ether oxygens (including phenoxy) is 1. The lowest BCUT2D eigenvalue weighted by molar-refractivity contribution is -0.118. The second-order valence-electron chi connectivity index (χ2n) is 6.75. The van der Waals surface area contributed by atoms with Crippen molar-refractivity contribution in [3.63, 3.8) is 0 Å². The number of halogens is 2. The maximum atomic E-state index is 12.4. The highest BCUT2D eigenvalue weighted by Gasteiger charge is 2.14. The van der Waals surface area contributed by atoms with E-state index in [0.717, 1.165) is 11.1 Å². The van der Waals surface area contributed by atoms with Crippen LogP contribution in [-0.4, -0.2) is 22.5 Å². The summed E-state index contributed by atoms with van der Waals surface area (Å²) in [5.41, 5.74) is 3.92. The number of hydrogen-bond acceptors (Lipinski definition) is 5. The third-order valence-corrected chi connectivity index (χ3v) is 5.35. The fourth-order valence-corrected chi connectivity index (χ4v) is 3.29. The van der Waals surface area contributed by atoms with Crippen LogP contribution in [0.15, 0.2) is 53.1 Å². The standard InChI is InChI=1S/C22H17Cl2N3O3/c1-12-8-15(9-13(2)20(12)24)29-11-19(28)26-14-5-6-17(23)16(10-14)22-27-21-18(30-22)4-3-7-25-21/h3-10H,11H2,1-2H3,(H,26,28). The number of hydrogen-bond donors (Lipinski definition) is 1. The summed E-state index contributed by atoms with van der Waals surface area (Å²) in [6, 6.07) is 12.2. The van der Waals surface area contributed by atoms with Crippen LogP contribution in [0.1, 0.15) is 11.1 Å². The Bertz CT molecular complexity index is 1200. The fourth-order valence-electron chi connectivity index (χ4n) is 2.99. The zero-order chi connectivity index (χ0) is 21.3. The number of anilines is 1. The molecular formula is C22H17Cl2N3O3. The molecule has 4 aromatic rings. The van der Waals surface area contributed by atoms with Gasteiger partial charge >= 0.3 is 0 Å². The first-order chi connectivity index (χ1) is 14.4. The van der Waals surface area contributed by atoms with Gasteiger partial charge in [0.25, 0.3) is 5.91 Å². The Labute approximate surface area is 182 Å². The molecule has 0 aliphatic carbocycles. The molecule has 0 saturated heterocycles. The summed E-state index contributed by atoms with van der Waals surface area (Å²) >= 11 is 12.5. The molecule has 0 atom stereocenters. The van der Waals surface area contributed by atoms with Gasteiger partial charge in [0.05, 0.1) is 10.6 Å². The van der Waals surface area contributed by atoms with Gasteiger partial charge in [0.1, 0.15) is 5.75 Å². The molecule has 0 fully saturated rings. The van der Waals surface area contributed by atoms with Crippen molar-refractivity contribution in [2.75, 3.05) is 11.9 Å². The average Bonchev–Trinajstić information content (AvgIpc) is 3.16. The number of aryl methyl sites for hydroxylation is 2. The van der Waals surface area contributed by atoms with Crippen molar-refractivity contribution < 1.29 is 13.9 Å². The molecule has 0 saturated carbocycles. The van der Waals surface area contributed by atoms with Crippen LogP contribution in [0.2, 0.25) is 10.0 Å². The number of benzene rings is 2. The van der Waals surface area contributed by atoms with Crippen LogP contribution in [0.4, 0.5) is 5.69 Å². The van der Waals surface area contributed by atoms with Gasteiger partial charge < -0.3 is 14.5 Å². The molecule has 0 radical (unpaired) electrons. The van der Waals surface area contributed by atoms with Crippen LogP contribution in [0.5, 0.6) is 5.75 Å². The van der Waals surface area contributed by atoms with Gasteiger partial charge in [-0.25, -0.2) is 4.98 Å². The number of pyridine rings is 1. The summed E-state index contributed by atoms with van der Waals surface area (Å²) in [4.78, 5) is 20.9.